The second kappa shape index (κ2) is 9.17. The molecular weight excluding hydrogens is 260 g/mol. The molecule has 0 saturated carbocycles. The molecule has 0 radical (unpaired) electrons. The Morgan fingerprint density at radius 3 is 2.60 bits per heavy atom. The highest BCUT2D eigenvalue weighted by Crippen LogP contribution is 2.16. The molecule has 1 aromatic rings. The number of ether oxygens (including phenoxy) is 2. The van der Waals surface area contributed by atoms with E-state index in [9.17, 15) is 9.90 Å². The van der Waals surface area contributed by atoms with Crippen molar-refractivity contribution in [1.29, 1.82) is 0 Å². The average molecular weight is 282 g/mol. The van der Waals surface area contributed by atoms with Gasteiger partial charge in [0.15, 0.2) is 0 Å². The van der Waals surface area contributed by atoms with Gasteiger partial charge < -0.3 is 25.6 Å². The monoisotopic (exact) mass is 282 g/mol. The van der Waals surface area contributed by atoms with Crippen LogP contribution in [0.5, 0.6) is 11.5 Å². The maximum Gasteiger partial charge on any atom is 0.217 e. The molecule has 1 rings (SSSR count). The molecule has 0 aliphatic rings. The summed E-state index contributed by atoms with van der Waals surface area (Å²) >= 11 is 0. The number of benzene rings is 1. The summed E-state index contributed by atoms with van der Waals surface area (Å²) in [5.74, 6) is 1.13. The highest BCUT2D eigenvalue weighted by atomic mass is 16.5. The topological polar surface area (TPSA) is 93.8 Å². The fraction of sp³-hybridized carbons (Fsp3) is 0.500. The van der Waals surface area contributed by atoms with Crippen LogP contribution in [0.2, 0.25) is 0 Å². The van der Waals surface area contributed by atoms with E-state index in [1.54, 1.807) is 31.4 Å². The van der Waals surface area contributed by atoms with E-state index in [1.807, 2.05) is 0 Å². The molecule has 112 valence electrons. The van der Waals surface area contributed by atoms with Crippen LogP contribution in [0, 0.1) is 0 Å². The second-order valence-corrected chi connectivity index (χ2v) is 4.41. The molecule has 1 amide bonds. The number of methoxy groups -OCH3 is 1. The lowest BCUT2D eigenvalue weighted by atomic mass is 10.3. The zero-order chi connectivity index (χ0) is 14.8. The number of aliphatic hydroxyl groups excluding tert-OH is 1. The molecule has 0 saturated heterocycles. The molecule has 0 fully saturated rings. The minimum Gasteiger partial charge on any atom is -0.497 e. The molecule has 1 aromatic carbocycles. The van der Waals surface area contributed by atoms with Crippen molar-refractivity contribution in [2.75, 3.05) is 26.8 Å². The molecule has 0 spiro atoms. The Morgan fingerprint density at radius 1 is 1.35 bits per heavy atom. The van der Waals surface area contributed by atoms with Crippen molar-refractivity contribution in [3.63, 3.8) is 0 Å². The molecule has 0 aliphatic heterocycles. The molecule has 0 heterocycles. The lowest BCUT2D eigenvalue weighted by Crippen LogP contribution is -2.32. The van der Waals surface area contributed by atoms with Crippen LogP contribution in [0.15, 0.2) is 24.3 Å². The van der Waals surface area contributed by atoms with Gasteiger partial charge in [-0.2, -0.15) is 0 Å². The Hall–Kier alpha value is -1.79. The van der Waals surface area contributed by atoms with Crippen molar-refractivity contribution >= 4 is 5.91 Å². The predicted octanol–water partition coefficient (Wildman–Crippen LogP) is 0.290. The number of carbonyl (C=O) groups is 1. The Bertz CT molecular complexity index is 395. The molecule has 6 heteroatoms. The number of nitrogens with one attached hydrogen (secondary N) is 1. The summed E-state index contributed by atoms with van der Waals surface area (Å²) in [5.41, 5.74) is 5.02. The zero-order valence-corrected chi connectivity index (χ0v) is 11.7. The first-order valence-corrected chi connectivity index (χ1v) is 6.55. The normalized spacial score (nSPS) is 11.9. The largest absolute Gasteiger partial charge is 0.497 e. The minimum atomic E-state index is -0.606. The summed E-state index contributed by atoms with van der Waals surface area (Å²) in [6.07, 6.45) is 0.415. The van der Waals surface area contributed by atoms with Crippen LogP contribution in [0.3, 0.4) is 0 Å². The molecule has 4 N–H and O–H groups in total. The second-order valence-electron chi connectivity index (χ2n) is 4.41. The maximum absolute atomic E-state index is 10.5. The third-order valence-corrected chi connectivity index (χ3v) is 2.66. The first kappa shape index (κ1) is 16.3. The minimum absolute atomic E-state index is 0.204. The van der Waals surface area contributed by atoms with E-state index >= 15 is 0 Å². The van der Waals surface area contributed by atoms with Crippen LogP contribution in [-0.4, -0.2) is 43.9 Å². The van der Waals surface area contributed by atoms with Crippen LogP contribution >= 0.6 is 0 Å². The van der Waals surface area contributed by atoms with Gasteiger partial charge in [-0.25, -0.2) is 0 Å². The number of carbonyl (C=O) groups excluding carboxylic acids is 1. The molecule has 6 nitrogen and oxygen atoms in total. The van der Waals surface area contributed by atoms with E-state index in [4.69, 9.17) is 15.2 Å². The highest BCUT2D eigenvalue weighted by molar-refractivity contribution is 5.73. The Kier molecular flexibility index (Phi) is 7.46. The Labute approximate surface area is 118 Å². The SMILES string of the molecule is COc1ccc(OCC(O)CNCCCC(N)=O)cc1. The first-order chi connectivity index (χ1) is 9.61. The molecular formula is C14H22N2O4. The van der Waals surface area contributed by atoms with Crippen molar-refractivity contribution in [2.45, 2.75) is 18.9 Å². The average Bonchev–Trinajstić information content (AvgIpc) is 2.45. The lowest BCUT2D eigenvalue weighted by molar-refractivity contribution is -0.118. The highest BCUT2D eigenvalue weighted by Gasteiger charge is 2.05. The molecule has 0 bridgehead atoms. The van der Waals surface area contributed by atoms with Crippen molar-refractivity contribution in [3.8, 4) is 11.5 Å². The van der Waals surface area contributed by atoms with Gasteiger partial charge in [0.2, 0.25) is 5.91 Å². The standard InChI is InChI=1S/C14H22N2O4/c1-19-12-4-6-13(7-5-12)20-10-11(17)9-16-8-2-3-14(15)18/h4-7,11,16-17H,2-3,8-10H2,1H3,(H2,15,18). The van der Waals surface area contributed by atoms with E-state index in [1.165, 1.54) is 0 Å². The molecule has 1 unspecified atom stereocenters. The van der Waals surface area contributed by atoms with Gasteiger partial charge in [0.25, 0.3) is 0 Å². The Balaban J connectivity index is 2.12. The fourth-order valence-corrected chi connectivity index (χ4v) is 1.58. The van der Waals surface area contributed by atoms with Crippen molar-refractivity contribution in [1.82, 2.24) is 5.32 Å². The number of amides is 1. The summed E-state index contributed by atoms with van der Waals surface area (Å²) < 4.78 is 10.5. The van der Waals surface area contributed by atoms with E-state index in [0.29, 0.717) is 31.7 Å². The van der Waals surface area contributed by atoms with Gasteiger partial charge in [-0.3, -0.25) is 4.79 Å². The molecule has 0 aliphatic carbocycles. The lowest BCUT2D eigenvalue weighted by Gasteiger charge is -2.13. The van der Waals surface area contributed by atoms with Gasteiger partial charge in [-0.15, -0.1) is 0 Å². The smallest absolute Gasteiger partial charge is 0.217 e. The van der Waals surface area contributed by atoms with Gasteiger partial charge >= 0.3 is 0 Å². The van der Waals surface area contributed by atoms with Crippen LogP contribution in [-0.2, 0) is 4.79 Å². The van der Waals surface area contributed by atoms with Gasteiger partial charge in [0.05, 0.1) is 7.11 Å². The van der Waals surface area contributed by atoms with Crippen LogP contribution in [0.1, 0.15) is 12.8 Å². The zero-order valence-electron chi connectivity index (χ0n) is 11.7. The number of rotatable bonds is 10. The predicted molar refractivity (Wildman–Crippen MR) is 75.8 cm³/mol. The number of nitrogens with two attached hydrogens (primary N) is 1. The summed E-state index contributed by atoms with van der Waals surface area (Å²) in [4.78, 5) is 10.5. The van der Waals surface area contributed by atoms with E-state index in [-0.39, 0.29) is 12.5 Å². The number of aliphatic hydroxyl groups is 1. The van der Waals surface area contributed by atoms with Crippen LogP contribution < -0.4 is 20.5 Å². The molecule has 0 aromatic heterocycles. The molecule has 1 atom stereocenters. The van der Waals surface area contributed by atoms with Gasteiger partial charge in [0, 0.05) is 13.0 Å². The summed E-state index contributed by atoms with van der Waals surface area (Å²) in [7, 11) is 1.60. The number of hydrogen-bond donors (Lipinski definition) is 3. The summed E-state index contributed by atoms with van der Waals surface area (Å²) in [6.45, 7) is 1.26. The fourth-order valence-electron chi connectivity index (χ4n) is 1.58. The Morgan fingerprint density at radius 2 is 2.00 bits per heavy atom. The summed E-state index contributed by atoms with van der Waals surface area (Å²) in [5, 5.41) is 12.8. The molecule has 20 heavy (non-hydrogen) atoms. The van der Waals surface area contributed by atoms with Crippen molar-refractivity contribution in [2.24, 2.45) is 5.73 Å². The number of hydrogen-bond acceptors (Lipinski definition) is 5. The van der Waals surface area contributed by atoms with Crippen LogP contribution in [0.4, 0.5) is 0 Å². The van der Waals surface area contributed by atoms with E-state index in [0.717, 1.165) is 5.75 Å². The van der Waals surface area contributed by atoms with E-state index < -0.39 is 6.10 Å². The van der Waals surface area contributed by atoms with Crippen molar-refractivity contribution < 1.29 is 19.4 Å². The van der Waals surface area contributed by atoms with Gasteiger partial charge in [-0.05, 0) is 37.2 Å². The quantitative estimate of drug-likeness (QED) is 0.536. The maximum atomic E-state index is 10.5. The third kappa shape index (κ3) is 6.96. The third-order valence-electron chi connectivity index (χ3n) is 2.66. The van der Waals surface area contributed by atoms with Gasteiger partial charge in [0.1, 0.15) is 24.2 Å². The summed E-state index contributed by atoms with van der Waals surface area (Å²) in [6, 6.07) is 7.16. The number of primary amides is 1. The first-order valence-electron chi connectivity index (χ1n) is 6.55. The van der Waals surface area contributed by atoms with Crippen LogP contribution in [0.25, 0.3) is 0 Å². The van der Waals surface area contributed by atoms with Gasteiger partial charge in [-0.1, -0.05) is 0 Å². The van der Waals surface area contributed by atoms with E-state index in [2.05, 4.69) is 5.32 Å². The van der Waals surface area contributed by atoms with Crippen molar-refractivity contribution in [3.05, 3.63) is 24.3 Å².